The van der Waals surface area contributed by atoms with Crippen LogP contribution in [0.1, 0.15) is 55.0 Å². The number of amides is 3. The SMILES string of the molecule is Cc1ccc(OCCCCNC(=O)c2cccc(CN3C(=O)c4ccccc4C3=O)c2)cc1. The summed E-state index contributed by atoms with van der Waals surface area (Å²) >= 11 is 0. The molecule has 0 spiro atoms. The van der Waals surface area contributed by atoms with E-state index in [1.54, 1.807) is 42.5 Å². The summed E-state index contributed by atoms with van der Waals surface area (Å²) < 4.78 is 5.70. The van der Waals surface area contributed by atoms with Crippen LogP contribution >= 0.6 is 0 Å². The summed E-state index contributed by atoms with van der Waals surface area (Å²) in [7, 11) is 0. The summed E-state index contributed by atoms with van der Waals surface area (Å²) in [5.41, 5.74) is 3.26. The molecule has 0 aliphatic carbocycles. The molecule has 33 heavy (non-hydrogen) atoms. The lowest BCUT2D eigenvalue weighted by molar-refractivity contribution is 0.0642. The Balaban J connectivity index is 1.25. The lowest BCUT2D eigenvalue weighted by Gasteiger charge is -2.14. The zero-order valence-electron chi connectivity index (χ0n) is 18.5. The number of rotatable bonds is 9. The molecule has 0 fully saturated rings. The normalized spacial score (nSPS) is 12.6. The Morgan fingerprint density at radius 1 is 0.879 bits per heavy atom. The Kier molecular flexibility index (Phi) is 6.83. The van der Waals surface area contributed by atoms with Crippen molar-refractivity contribution in [1.29, 1.82) is 0 Å². The van der Waals surface area contributed by atoms with Gasteiger partial charge in [-0.1, -0.05) is 42.0 Å². The van der Waals surface area contributed by atoms with E-state index in [2.05, 4.69) is 5.32 Å². The molecular formula is C27H26N2O4. The summed E-state index contributed by atoms with van der Waals surface area (Å²) in [6, 6.07) is 21.7. The summed E-state index contributed by atoms with van der Waals surface area (Å²) in [4.78, 5) is 38.9. The average molecular weight is 443 g/mol. The molecule has 1 aliphatic rings. The van der Waals surface area contributed by atoms with Crippen molar-refractivity contribution in [3.8, 4) is 5.75 Å². The smallest absolute Gasteiger partial charge is 0.261 e. The highest BCUT2D eigenvalue weighted by atomic mass is 16.5. The molecule has 0 bridgehead atoms. The first-order valence-electron chi connectivity index (χ1n) is 11.0. The number of hydrogen-bond acceptors (Lipinski definition) is 4. The number of carbonyl (C=O) groups is 3. The van der Waals surface area contributed by atoms with Gasteiger partial charge in [-0.3, -0.25) is 19.3 Å². The van der Waals surface area contributed by atoms with E-state index in [0.717, 1.165) is 24.2 Å². The van der Waals surface area contributed by atoms with Crippen LogP contribution in [0.3, 0.4) is 0 Å². The Morgan fingerprint density at radius 2 is 1.58 bits per heavy atom. The van der Waals surface area contributed by atoms with Crippen molar-refractivity contribution in [2.24, 2.45) is 0 Å². The van der Waals surface area contributed by atoms with Crippen LogP contribution in [0.15, 0.2) is 72.8 Å². The molecule has 6 heteroatoms. The van der Waals surface area contributed by atoms with Gasteiger partial charge >= 0.3 is 0 Å². The van der Waals surface area contributed by atoms with Crippen molar-refractivity contribution >= 4 is 17.7 Å². The fourth-order valence-electron chi connectivity index (χ4n) is 3.73. The largest absolute Gasteiger partial charge is 0.494 e. The molecule has 1 N–H and O–H groups in total. The van der Waals surface area contributed by atoms with Crippen molar-refractivity contribution in [3.63, 3.8) is 0 Å². The van der Waals surface area contributed by atoms with Crippen molar-refractivity contribution in [2.45, 2.75) is 26.3 Å². The summed E-state index contributed by atoms with van der Waals surface area (Å²) in [6.07, 6.45) is 1.63. The minimum Gasteiger partial charge on any atom is -0.494 e. The fraction of sp³-hybridized carbons (Fsp3) is 0.222. The molecule has 0 saturated carbocycles. The molecule has 6 nitrogen and oxygen atoms in total. The molecular weight excluding hydrogens is 416 g/mol. The molecule has 1 aliphatic heterocycles. The van der Waals surface area contributed by atoms with Gasteiger partial charge in [0.05, 0.1) is 24.3 Å². The molecule has 0 atom stereocenters. The molecule has 4 rings (SSSR count). The van der Waals surface area contributed by atoms with E-state index in [4.69, 9.17) is 4.74 Å². The van der Waals surface area contributed by atoms with E-state index in [-0.39, 0.29) is 24.3 Å². The number of fused-ring (bicyclic) bond motifs is 1. The molecule has 0 unspecified atom stereocenters. The van der Waals surface area contributed by atoms with Gasteiger partial charge in [-0.2, -0.15) is 0 Å². The molecule has 1 heterocycles. The number of benzene rings is 3. The Labute approximate surface area is 193 Å². The van der Waals surface area contributed by atoms with Gasteiger partial charge in [-0.15, -0.1) is 0 Å². The average Bonchev–Trinajstić information content (AvgIpc) is 3.07. The third-order valence-electron chi connectivity index (χ3n) is 5.55. The van der Waals surface area contributed by atoms with E-state index in [0.29, 0.717) is 29.8 Å². The third-order valence-corrected chi connectivity index (χ3v) is 5.55. The standard InChI is InChI=1S/C27H26N2O4/c1-19-11-13-22(14-12-19)33-16-5-4-15-28-25(30)21-8-6-7-20(17-21)18-29-26(31)23-9-2-3-10-24(23)27(29)32/h2-3,6-14,17H,4-5,15-16,18H2,1H3,(H,28,30). The van der Waals surface area contributed by atoms with Gasteiger partial charge in [-0.05, 0) is 61.7 Å². The number of unbranched alkanes of at least 4 members (excludes halogenated alkanes) is 1. The number of carbonyl (C=O) groups excluding carboxylic acids is 3. The summed E-state index contributed by atoms with van der Waals surface area (Å²) in [5, 5.41) is 2.92. The summed E-state index contributed by atoms with van der Waals surface area (Å²) in [5.74, 6) is 0.0507. The van der Waals surface area contributed by atoms with Crippen molar-refractivity contribution in [3.05, 3.63) is 101 Å². The molecule has 0 radical (unpaired) electrons. The van der Waals surface area contributed by atoms with Gasteiger partial charge in [-0.25, -0.2) is 0 Å². The predicted octanol–water partition coefficient (Wildman–Crippen LogP) is 4.38. The quantitative estimate of drug-likeness (QED) is 0.394. The van der Waals surface area contributed by atoms with Crippen LogP contribution in [0.2, 0.25) is 0 Å². The highest BCUT2D eigenvalue weighted by molar-refractivity contribution is 6.21. The van der Waals surface area contributed by atoms with E-state index < -0.39 is 0 Å². The fourth-order valence-corrected chi connectivity index (χ4v) is 3.73. The first-order chi connectivity index (χ1) is 16.0. The number of ether oxygens (including phenoxy) is 1. The van der Waals surface area contributed by atoms with Gasteiger partial charge in [0.15, 0.2) is 0 Å². The zero-order valence-corrected chi connectivity index (χ0v) is 18.5. The number of aryl methyl sites for hydroxylation is 1. The third kappa shape index (κ3) is 5.29. The topological polar surface area (TPSA) is 75.7 Å². The lowest BCUT2D eigenvalue weighted by atomic mass is 10.1. The van der Waals surface area contributed by atoms with Gasteiger partial charge in [0, 0.05) is 12.1 Å². The monoisotopic (exact) mass is 442 g/mol. The van der Waals surface area contributed by atoms with E-state index in [1.165, 1.54) is 10.5 Å². The molecule has 168 valence electrons. The number of nitrogens with zero attached hydrogens (tertiary/aromatic N) is 1. The first kappa shape index (κ1) is 22.3. The minimum atomic E-state index is -0.307. The zero-order chi connectivity index (χ0) is 23.2. The number of imide groups is 1. The van der Waals surface area contributed by atoms with Crippen LogP contribution in [-0.2, 0) is 6.54 Å². The van der Waals surface area contributed by atoms with Crippen LogP contribution in [-0.4, -0.2) is 35.8 Å². The second-order valence-electron chi connectivity index (χ2n) is 8.07. The minimum absolute atomic E-state index is 0.129. The molecule has 3 amide bonds. The van der Waals surface area contributed by atoms with Crippen LogP contribution in [0.4, 0.5) is 0 Å². The van der Waals surface area contributed by atoms with Crippen molar-refractivity contribution in [2.75, 3.05) is 13.2 Å². The van der Waals surface area contributed by atoms with Crippen LogP contribution in [0.25, 0.3) is 0 Å². The van der Waals surface area contributed by atoms with Crippen LogP contribution in [0.5, 0.6) is 5.75 Å². The van der Waals surface area contributed by atoms with Crippen molar-refractivity contribution < 1.29 is 19.1 Å². The molecule has 3 aromatic rings. The lowest BCUT2D eigenvalue weighted by Crippen LogP contribution is -2.29. The second-order valence-corrected chi connectivity index (χ2v) is 8.07. The van der Waals surface area contributed by atoms with E-state index in [9.17, 15) is 14.4 Å². The van der Waals surface area contributed by atoms with Crippen LogP contribution in [0, 0.1) is 6.92 Å². The molecule has 0 saturated heterocycles. The highest BCUT2D eigenvalue weighted by Crippen LogP contribution is 2.24. The van der Waals surface area contributed by atoms with Crippen molar-refractivity contribution in [1.82, 2.24) is 10.2 Å². The number of nitrogens with one attached hydrogen (secondary N) is 1. The first-order valence-corrected chi connectivity index (χ1v) is 11.0. The predicted molar refractivity (Wildman–Crippen MR) is 125 cm³/mol. The van der Waals surface area contributed by atoms with Gasteiger partial charge < -0.3 is 10.1 Å². The Hall–Kier alpha value is -3.93. The van der Waals surface area contributed by atoms with Gasteiger partial charge in [0.2, 0.25) is 0 Å². The molecule has 3 aromatic carbocycles. The number of hydrogen-bond donors (Lipinski definition) is 1. The van der Waals surface area contributed by atoms with Gasteiger partial charge in [0.25, 0.3) is 17.7 Å². The second kappa shape index (κ2) is 10.1. The molecule has 0 aromatic heterocycles. The maximum Gasteiger partial charge on any atom is 0.261 e. The summed E-state index contributed by atoms with van der Waals surface area (Å²) in [6.45, 7) is 3.30. The Morgan fingerprint density at radius 3 is 2.27 bits per heavy atom. The maximum atomic E-state index is 12.6. The maximum absolute atomic E-state index is 12.6. The van der Waals surface area contributed by atoms with E-state index in [1.807, 2.05) is 37.3 Å². The van der Waals surface area contributed by atoms with Gasteiger partial charge in [0.1, 0.15) is 5.75 Å². The van der Waals surface area contributed by atoms with Crippen LogP contribution < -0.4 is 10.1 Å². The highest BCUT2D eigenvalue weighted by Gasteiger charge is 2.34. The van der Waals surface area contributed by atoms with E-state index >= 15 is 0 Å². The Bertz CT molecular complexity index is 1140.